The second-order valence-electron chi connectivity index (χ2n) is 3.24. The molecule has 1 rings (SSSR count). The molecule has 1 aromatic rings. The third-order valence-corrected chi connectivity index (χ3v) is 2.14. The number of ether oxygens (including phenoxy) is 2. The molecule has 0 aliphatic heterocycles. The number of hydrogen-bond acceptors (Lipinski definition) is 3. The second-order valence-corrected chi connectivity index (χ2v) is 3.24. The molecule has 0 amide bonds. The van der Waals surface area contributed by atoms with E-state index >= 15 is 0 Å². The molecule has 0 fully saturated rings. The van der Waals surface area contributed by atoms with Crippen molar-refractivity contribution < 1.29 is 19.0 Å². The molecule has 3 nitrogen and oxygen atoms in total. The highest BCUT2D eigenvalue weighted by molar-refractivity contribution is 5.16. The van der Waals surface area contributed by atoms with Crippen LogP contribution in [0.25, 0.3) is 0 Å². The number of aliphatic hydroxyl groups is 1. The summed E-state index contributed by atoms with van der Waals surface area (Å²) >= 11 is 0. The average molecular weight is 214 g/mol. The summed E-state index contributed by atoms with van der Waals surface area (Å²) in [6.07, 6.45) is -1.05. The van der Waals surface area contributed by atoms with Crippen LogP contribution in [-0.4, -0.2) is 31.7 Å². The van der Waals surface area contributed by atoms with Crippen LogP contribution in [0.2, 0.25) is 0 Å². The van der Waals surface area contributed by atoms with Crippen molar-refractivity contribution in [2.45, 2.75) is 18.8 Å². The first-order valence-electron chi connectivity index (χ1n) is 4.65. The summed E-state index contributed by atoms with van der Waals surface area (Å²) in [6, 6.07) is 5.97. The maximum Gasteiger partial charge on any atom is 0.183 e. The average Bonchev–Trinajstić information content (AvgIpc) is 2.23. The first-order chi connectivity index (χ1) is 7.17. The van der Waals surface area contributed by atoms with Gasteiger partial charge in [-0.25, -0.2) is 4.39 Å². The van der Waals surface area contributed by atoms with Gasteiger partial charge in [-0.1, -0.05) is 12.1 Å². The predicted octanol–water partition coefficient (Wildman–Crippen LogP) is 1.35. The van der Waals surface area contributed by atoms with E-state index in [0.29, 0.717) is 6.42 Å². The van der Waals surface area contributed by atoms with Crippen molar-refractivity contribution in [1.82, 2.24) is 0 Å². The number of rotatable bonds is 5. The molecule has 0 radical (unpaired) electrons. The van der Waals surface area contributed by atoms with E-state index in [1.54, 1.807) is 12.1 Å². The van der Waals surface area contributed by atoms with Crippen LogP contribution >= 0.6 is 0 Å². The fourth-order valence-corrected chi connectivity index (χ4v) is 1.37. The van der Waals surface area contributed by atoms with Gasteiger partial charge in [-0.05, 0) is 17.7 Å². The van der Waals surface area contributed by atoms with Crippen LogP contribution in [0.15, 0.2) is 24.3 Å². The summed E-state index contributed by atoms with van der Waals surface area (Å²) in [5.41, 5.74) is 0.836. The van der Waals surface area contributed by atoms with Crippen LogP contribution < -0.4 is 0 Å². The van der Waals surface area contributed by atoms with Crippen molar-refractivity contribution in [3.63, 3.8) is 0 Å². The van der Waals surface area contributed by atoms with Gasteiger partial charge in [-0.2, -0.15) is 0 Å². The smallest absolute Gasteiger partial charge is 0.183 e. The van der Waals surface area contributed by atoms with Gasteiger partial charge < -0.3 is 14.6 Å². The van der Waals surface area contributed by atoms with Crippen molar-refractivity contribution in [2.75, 3.05) is 14.2 Å². The molecule has 1 aromatic carbocycles. The largest absolute Gasteiger partial charge is 0.387 e. The zero-order chi connectivity index (χ0) is 11.3. The van der Waals surface area contributed by atoms with E-state index in [1.807, 2.05) is 0 Å². The van der Waals surface area contributed by atoms with E-state index in [4.69, 9.17) is 9.47 Å². The van der Waals surface area contributed by atoms with Crippen molar-refractivity contribution in [2.24, 2.45) is 0 Å². The van der Waals surface area contributed by atoms with Crippen molar-refractivity contribution in [1.29, 1.82) is 0 Å². The summed E-state index contributed by atoms with van der Waals surface area (Å²) in [5, 5.41) is 9.69. The third-order valence-electron chi connectivity index (χ3n) is 2.14. The van der Waals surface area contributed by atoms with E-state index in [9.17, 15) is 9.50 Å². The second kappa shape index (κ2) is 5.80. The van der Waals surface area contributed by atoms with E-state index in [0.717, 1.165) is 5.56 Å². The lowest BCUT2D eigenvalue weighted by Crippen LogP contribution is -2.31. The highest BCUT2D eigenvalue weighted by Gasteiger charge is 2.17. The highest BCUT2D eigenvalue weighted by Crippen LogP contribution is 2.09. The first kappa shape index (κ1) is 12.1. The molecule has 0 bridgehead atoms. The summed E-state index contributed by atoms with van der Waals surface area (Å²) in [4.78, 5) is 0. The van der Waals surface area contributed by atoms with E-state index in [-0.39, 0.29) is 5.82 Å². The van der Waals surface area contributed by atoms with Gasteiger partial charge in [0.05, 0.1) is 0 Å². The van der Waals surface area contributed by atoms with Gasteiger partial charge in [0.15, 0.2) is 6.29 Å². The van der Waals surface area contributed by atoms with Crippen LogP contribution in [0.5, 0.6) is 0 Å². The van der Waals surface area contributed by atoms with Crippen LogP contribution in [-0.2, 0) is 15.9 Å². The molecule has 0 aromatic heterocycles. The lowest BCUT2D eigenvalue weighted by atomic mass is 10.1. The lowest BCUT2D eigenvalue weighted by Gasteiger charge is -2.19. The van der Waals surface area contributed by atoms with Crippen molar-refractivity contribution in [3.8, 4) is 0 Å². The molecule has 0 spiro atoms. The fourth-order valence-electron chi connectivity index (χ4n) is 1.37. The maximum atomic E-state index is 12.6. The summed E-state index contributed by atoms with van der Waals surface area (Å²) < 4.78 is 22.4. The molecule has 0 aliphatic carbocycles. The van der Waals surface area contributed by atoms with Crippen LogP contribution in [0.4, 0.5) is 4.39 Å². The molecular weight excluding hydrogens is 199 g/mol. The predicted molar refractivity (Wildman–Crippen MR) is 53.9 cm³/mol. The molecule has 1 atom stereocenters. The lowest BCUT2D eigenvalue weighted by molar-refractivity contribution is -0.163. The number of hydrogen-bond donors (Lipinski definition) is 1. The third kappa shape index (κ3) is 3.58. The molecule has 0 saturated carbocycles. The highest BCUT2D eigenvalue weighted by atomic mass is 19.1. The summed E-state index contributed by atoms with van der Waals surface area (Å²) in [6.45, 7) is 0. The minimum atomic E-state index is -0.759. The number of benzene rings is 1. The first-order valence-corrected chi connectivity index (χ1v) is 4.65. The Balaban J connectivity index is 2.57. The summed E-state index contributed by atoms with van der Waals surface area (Å²) in [5.74, 6) is -0.289. The number of aliphatic hydroxyl groups excluding tert-OH is 1. The Morgan fingerprint density at radius 1 is 1.20 bits per heavy atom. The fraction of sp³-hybridized carbons (Fsp3) is 0.455. The van der Waals surface area contributed by atoms with E-state index in [2.05, 4.69) is 0 Å². The van der Waals surface area contributed by atoms with Gasteiger partial charge in [-0.3, -0.25) is 0 Å². The Hall–Kier alpha value is -0.970. The molecule has 0 heterocycles. The van der Waals surface area contributed by atoms with Crippen LogP contribution in [0, 0.1) is 5.82 Å². The van der Waals surface area contributed by atoms with Gasteiger partial charge in [-0.15, -0.1) is 0 Å². The minimum Gasteiger partial charge on any atom is -0.387 e. The molecule has 0 aliphatic rings. The van der Waals surface area contributed by atoms with Gasteiger partial charge in [0.1, 0.15) is 11.9 Å². The van der Waals surface area contributed by atoms with E-state index < -0.39 is 12.4 Å². The van der Waals surface area contributed by atoms with Gasteiger partial charge in [0.25, 0.3) is 0 Å². The minimum absolute atomic E-state index is 0.289. The SMILES string of the molecule is COC(OC)C(O)Cc1ccc(F)cc1. The standard InChI is InChI=1S/C11H15FO3/c1-14-11(15-2)10(13)7-8-3-5-9(12)6-4-8/h3-6,10-11,13H,7H2,1-2H3. The molecule has 4 heteroatoms. The molecule has 1 N–H and O–H groups in total. The number of methoxy groups -OCH3 is 2. The quantitative estimate of drug-likeness (QED) is 0.752. The Morgan fingerprint density at radius 2 is 1.73 bits per heavy atom. The Morgan fingerprint density at radius 3 is 2.20 bits per heavy atom. The van der Waals surface area contributed by atoms with Crippen LogP contribution in [0.1, 0.15) is 5.56 Å². The monoisotopic (exact) mass is 214 g/mol. The van der Waals surface area contributed by atoms with Crippen molar-refractivity contribution >= 4 is 0 Å². The van der Waals surface area contributed by atoms with E-state index in [1.165, 1.54) is 26.4 Å². The van der Waals surface area contributed by atoms with Crippen LogP contribution in [0.3, 0.4) is 0 Å². The molecule has 0 saturated heterocycles. The maximum absolute atomic E-state index is 12.6. The van der Waals surface area contributed by atoms with Crippen molar-refractivity contribution in [3.05, 3.63) is 35.6 Å². The summed E-state index contributed by atoms with van der Waals surface area (Å²) in [7, 11) is 2.92. The Kier molecular flexibility index (Phi) is 4.68. The van der Waals surface area contributed by atoms with Gasteiger partial charge >= 0.3 is 0 Å². The van der Waals surface area contributed by atoms with Gasteiger partial charge in [0, 0.05) is 20.6 Å². The Labute approximate surface area is 88.4 Å². The molecule has 15 heavy (non-hydrogen) atoms. The normalized spacial score (nSPS) is 13.1. The molecule has 84 valence electrons. The molecule has 1 unspecified atom stereocenters. The topological polar surface area (TPSA) is 38.7 Å². The number of halogens is 1. The zero-order valence-corrected chi connectivity index (χ0v) is 8.81. The molecular formula is C11H15FO3. The zero-order valence-electron chi connectivity index (χ0n) is 8.81. The Bertz CT molecular complexity index is 282. The van der Waals surface area contributed by atoms with Gasteiger partial charge in [0.2, 0.25) is 0 Å².